The summed E-state index contributed by atoms with van der Waals surface area (Å²) in [4.78, 5) is 1.86. The number of alkyl halides is 3. The summed E-state index contributed by atoms with van der Waals surface area (Å²) in [5.74, 6) is -1.20. The van der Waals surface area contributed by atoms with E-state index in [2.05, 4.69) is 0 Å². The van der Waals surface area contributed by atoms with E-state index in [4.69, 9.17) is 9.47 Å². The van der Waals surface area contributed by atoms with E-state index in [9.17, 15) is 18.3 Å². The predicted molar refractivity (Wildman–Crippen MR) is 68.5 cm³/mol. The van der Waals surface area contributed by atoms with E-state index in [1.54, 1.807) is 7.11 Å². The molecule has 0 saturated carbocycles. The minimum atomic E-state index is -4.09. The molecule has 0 radical (unpaired) electrons. The van der Waals surface area contributed by atoms with Crippen molar-refractivity contribution < 1.29 is 27.8 Å². The Balaban J connectivity index is 2.19. The summed E-state index contributed by atoms with van der Waals surface area (Å²) >= 11 is 0. The van der Waals surface area contributed by atoms with Crippen LogP contribution in [0.15, 0.2) is 0 Å². The third-order valence-electron chi connectivity index (χ3n) is 3.49. The van der Waals surface area contributed by atoms with Gasteiger partial charge in [-0.1, -0.05) is 0 Å². The van der Waals surface area contributed by atoms with E-state index in [1.165, 1.54) is 0 Å². The Morgan fingerprint density at radius 3 is 2.35 bits per heavy atom. The van der Waals surface area contributed by atoms with Crippen LogP contribution in [0, 0.1) is 5.92 Å². The number of methoxy groups -OCH3 is 1. The highest BCUT2D eigenvalue weighted by Crippen LogP contribution is 2.33. The molecule has 0 bridgehead atoms. The van der Waals surface area contributed by atoms with Crippen LogP contribution in [0.2, 0.25) is 0 Å². The van der Waals surface area contributed by atoms with Gasteiger partial charge in [-0.15, -0.1) is 0 Å². The van der Waals surface area contributed by atoms with E-state index < -0.39 is 18.2 Å². The molecule has 0 aromatic carbocycles. The molecular weight excluding hydrogens is 275 g/mol. The van der Waals surface area contributed by atoms with Gasteiger partial charge in [-0.25, -0.2) is 0 Å². The Morgan fingerprint density at radius 1 is 1.25 bits per heavy atom. The van der Waals surface area contributed by atoms with Crippen molar-refractivity contribution in [3.8, 4) is 0 Å². The third-order valence-corrected chi connectivity index (χ3v) is 3.49. The molecule has 2 atom stereocenters. The molecule has 2 unspecified atom stereocenters. The van der Waals surface area contributed by atoms with Gasteiger partial charge in [0.05, 0.1) is 31.3 Å². The number of nitrogens with zero attached hydrogens (tertiary/aromatic N) is 1. The maximum absolute atomic E-state index is 12.5. The molecule has 20 heavy (non-hydrogen) atoms. The highest BCUT2D eigenvalue weighted by atomic mass is 19.4. The molecule has 1 aliphatic heterocycles. The summed E-state index contributed by atoms with van der Waals surface area (Å²) in [6, 6.07) is 0. The van der Waals surface area contributed by atoms with Gasteiger partial charge in [0.25, 0.3) is 0 Å². The lowest BCUT2D eigenvalue weighted by atomic mass is 9.96. The number of piperidine rings is 1. The van der Waals surface area contributed by atoms with Crippen molar-refractivity contribution in [3.63, 3.8) is 0 Å². The van der Waals surface area contributed by atoms with Crippen LogP contribution in [0.25, 0.3) is 0 Å². The van der Waals surface area contributed by atoms with Crippen LogP contribution in [0.1, 0.15) is 19.8 Å². The zero-order chi connectivity index (χ0) is 15.2. The number of ether oxygens (including phenoxy) is 2. The van der Waals surface area contributed by atoms with Gasteiger partial charge in [0.15, 0.2) is 0 Å². The van der Waals surface area contributed by atoms with Gasteiger partial charge < -0.3 is 19.5 Å². The van der Waals surface area contributed by atoms with Crippen LogP contribution >= 0.6 is 0 Å². The highest BCUT2D eigenvalue weighted by Gasteiger charge is 2.41. The Hall–Kier alpha value is -0.370. The van der Waals surface area contributed by atoms with Crippen LogP contribution in [0.4, 0.5) is 13.2 Å². The maximum atomic E-state index is 12.5. The summed E-state index contributed by atoms with van der Waals surface area (Å²) in [5.41, 5.74) is 0. The van der Waals surface area contributed by atoms with Crippen molar-refractivity contribution in [2.75, 3.05) is 40.0 Å². The zero-order valence-electron chi connectivity index (χ0n) is 12.0. The van der Waals surface area contributed by atoms with E-state index in [-0.39, 0.29) is 25.6 Å². The summed E-state index contributed by atoms with van der Waals surface area (Å²) in [7, 11) is 1.57. The number of aliphatic hydroxyl groups is 1. The minimum absolute atomic E-state index is 0.106. The third kappa shape index (κ3) is 6.39. The number of aliphatic hydroxyl groups excluding tert-OH is 1. The van der Waals surface area contributed by atoms with Gasteiger partial charge in [-0.3, -0.25) is 0 Å². The highest BCUT2D eigenvalue weighted by molar-refractivity contribution is 4.78. The Labute approximate surface area is 117 Å². The topological polar surface area (TPSA) is 41.9 Å². The molecule has 0 aromatic heterocycles. The number of hydrogen-bond donors (Lipinski definition) is 1. The maximum Gasteiger partial charge on any atom is 0.391 e. The Kier molecular flexibility index (Phi) is 7.22. The molecular formula is C13H24F3NO3. The second kappa shape index (κ2) is 8.17. The molecule has 7 heteroatoms. The molecule has 0 spiro atoms. The van der Waals surface area contributed by atoms with Gasteiger partial charge in [0.1, 0.15) is 0 Å². The SMILES string of the molecule is COCC(C)OCC(O)CN1CCC(C(F)(F)F)CC1. The molecule has 1 heterocycles. The first-order valence-electron chi connectivity index (χ1n) is 6.90. The number of rotatable bonds is 7. The van der Waals surface area contributed by atoms with Crippen LogP contribution < -0.4 is 0 Å². The average molecular weight is 299 g/mol. The van der Waals surface area contributed by atoms with Gasteiger partial charge in [0, 0.05) is 13.7 Å². The molecule has 120 valence electrons. The van der Waals surface area contributed by atoms with E-state index in [1.807, 2.05) is 11.8 Å². The largest absolute Gasteiger partial charge is 0.391 e. The molecule has 1 aliphatic rings. The first-order chi connectivity index (χ1) is 9.32. The second-order valence-electron chi connectivity index (χ2n) is 5.37. The van der Waals surface area contributed by atoms with Crippen molar-refractivity contribution in [1.29, 1.82) is 0 Å². The van der Waals surface area contributed by atoms with E-state index in [0.717, 1.165) is 0 Å². The fourth-order valence-corrected chi connectivity index (χ4v) is 2.35. The van der Waals surface area contributed by atoms with E-state index in [0.29, 0.717) is 26.2 Å². The van der Waals surface area contributed by atoms with Gasteiger partial charge in [0.2, 0.25) is 0 Å². The lowest BCUT2D eigenvalue weighted by molar-refractivity contribution is -0.185. The molecule has 1 fully saturated rings. The number of hydrogen-bond acceptors (Lipinski definition) is 4. The summed E-state index contributed by atoms with van der Waals surface area (Å²) in [6.45, 7) is 3.55. The molecule has 1 N–H and O–H groups in total. The van der Waals surface area contributed by atoms with Crippen LogP contribution in [-0.2, 0) is 9.47 Å². The van der Waals surface area contributed by atoms with Crippen molar-refractivity contribution in [3.05, 3.63) is 0 Å². The number of likely N-dealkylation sites (tertiary alicyclic amines) is 1. The monoisotopic (exact) mass is 299 g/mol. The number of β-amino-alcohol motifs (C(OH)–C–C–N with tert-alkyl or cyclic N) is 1. The van der Waals surface area contributed by atoms with Crippen LogP contribution in [-0.4, -0.2) is 68.3 Å². The average Bonchev–Trinajstić information content (AvgIpc) is 2.36. The predicted octanol–water partition coefficient (Wildman–Crippen LogP) is 1.67. The van der Waals surface area contributed by atoms with Crippen LogP contribution in [0.5, 0.6) is 0 Å². The molecule has 0 amide bonds. The van der Waals surface area contributed by atoms with Gasteiger partial charge >= 0.3 is 6.18 Å². The number of halogens is 3. The van der Waals surface area contributed by atoms with Crippen molar-refractivity contribution in [1.82, 2.24) is 4.90 Å². The lowest BCUT2D eigenvalue weighted by Gasteiger charge is -2.34. The first-order valence-corrected chi connectivity index (χ1v) is 6.90. The normalized spacial score (nSPS) is 21.9. The molecule has 1 saturated heterocycles. The Bertz CT molecular complexity index is 268. The minimum Gasteiger partial charge on any atom is -0.389 e. The summed E-state index contributed by atoms with van der Waals surface area (Å²) < 4.78 is 47.8. The van der Waals surface area contributed by atoms with Crippen molar-refractivity contribution in [2.24, 2.45) is 5.92 Å². The molecule has 0 aliphatic carbocycles. The molecule has 1 rings (SSSR count). The lowest BCUT2D eigenvalue weighted by Crippen LogP contribution is -2.43. The summed E-state index contributed by atoms with van der Waals surface area (Å²) in [6.07, 6.45) is -4.67. The fourth-order valence-electron chi connectivity index (χ4n) is 2.35. The smallest absolute Gasteiger partial charge is 0.389 e. The van der Waals surface area contributed by atoms with Crippen molar-refractivity contribution in [2.45, 2.75) is 38.1 Å². The first kappa shape index (κ1) is 17.7. The van der Waals surface area contributed by atoms with E-state index >= 15 is 0 Å². The van der Waals surface area contributed by atoms with Crippen LogP contribution in [0.3, 0.4) is 0 Å². The quantitative estimate of drug-likeness (QED) is 0.776. The zero-order valence-corrected chi connectivity index (χ0v) is 12.0. The molecule has 4 nitrogen and oxygen atoms in total. The fraction of sp³-hybridized carbons (Fsp3) is 1.00. The molecule has 0 aromatic rings. The Morgan fingerprint density at radius 2 is 1.85 bits per heavy atom. The van der Waals surface area contributed by atoms with Gasteiger partial charge in [-0.05, 0) is 32.9 Å². The second-order valence-corrected chi connectivity index (χ2v) is 5.37. The van der Waals surface area contributed by atoms with Crippen molar-refractivity contribution >= 4 is 0 Å². The van der Waals surface area contributed by atoms with Gasteiger partial charge in [-0.2, -0.15) is 13.2 Å². The standard InChI is InChI=1S/C13H24F3NO3/c1-10(8-19-2)20-9-12(18)7-17-5-3-11(4-6-17)13(14,15)16/h10-12,18H,3-9H2,1-2H3. The summed E-state index contributed by atoms with van der Waals surface area (Å²) in [5, 5.41) is 9.81.